The van der Waals surface area contributed by atoms with Gasteiger partial charge in [-0.3, -0.25) is 0 Å². The van der Waals surface area contributed by atoms with Crippen molar-refractivity contribution >= 4 is 45.0 Å². The van der Waals surface area contributed by atoms with Crippen LogP contribution in [-0.4, -0.2) is 17.7 Å². The van der Waals surface area contributed by atoms with E-state index in [0.717, 1.165) is 20.1 Å². The van der Waals surface area contributed by atoms with Crippen LogP contribution in [0.4, 0.5) is 4.79 Å². The molecule has 0 fully saturated rings. The molecule has 1 heterocycles. The predicted octanol–water partition coefficient (Wildman–Crippen LogP) is 4.62. The molecule has 102 valence electrons. The Morgan fingerprint density at radius 2 is 2.22 bits per heavy atom. The zero-order chi connectivity index (χ0) is 13.9. The number of alkyl carbamates (subject to hydrolysis) is 1. The molecule has 0 unspecified atom stereocenters. The maximum Gasteiger partial charge on any atom is 0.407 e. The predicted molar refractivity (Wildman–Crippen MR) is 79.6 cm³/mol. The summed E-state index contributed by atoms with van der Waals surface area (Å²) >= 11 is 10.9. The van der Waals surface area contributed by atoms with Crippen molar-refractivity contribution in [2.24, 2.45) is 0 Å². The lowest BCUT2D eigenvalue weighted by molar-refractivity contribution is 0.0508. The van der Waals surface area contributed by atoms with Crippen LogP contribution in [0, 0.1) is 0 Å². The molecular weight excluding hydrogens is 338 g/mol. The molecule has 0 spiro atoms. The lowest BCUT2D eigenvalue weighted by Crippen LogP contribution is -2.38. The van der Waals surface area contributed by atoms with Crippen LogP contribution in [0.2, 0.25) is 4.34 Å². The molecule has 0 aliphatic heterocycles. The molecule has 1 rings (SSSR count). The van der Waals surface area contributed by atoms with Gasteiger partial charge in [-0.15, -0.1) is 11.3 Å². The van der Waals surface area contributed by atoms with E-state index in [1.54, 1.807) is 0 Å². The van der Waals surface area contributed by atoms with Crippen molar-refractivity contribution in [2.45, 2.75) is 45.8 Å². The van der Waals surface area contributed by atoms with Gasteiger partial charge < -0.3 is 10.1 Å². The van der Waals surface area contributed by atoms with E-state index in [1.165, 1.54) is 11.3 Å². The molecule has 1 aromatic rings. The molecule has 6 heteroatoms. The van der Waals surface area contributed by atoms with Crippen molar-refractivity contribution in [2.75, 3.05) is 0 Å². The molecule has 0 aliphatic carbocycles. The maximum absolute atomic E-state index is 11.6. The van der Waals surface area contributed by atoms with Crippen LogP contribution in [-0.2, 0) is 11.2 Å². The molecule has 1 atom stereocenters. The van der Waals surface area contributed by atoms with Gasteiger partial charge in [0.2, 0.25) is 0 Å². The number of nitrogens with one attached hydrogen (secondary N) is 1. The first-order chi connectivity index (χ1) is 8.17. The van der Waals surface area contributed by atoms with Crippen LogP contribution in [0.5, 0.6) is 0 Å². The van der Waals surface area contributed by atoms with E-state index in [2.05, 4.69) is 21.2 Å². The Kier molecular flexibility index (Phi) is 5.49. The molecule has 0 aliphatic rings. The highest BCUT2D eigenvalue weighted by Crippen LogP contribution is 2.31. The topological polar surface area (TPSA) is 38.3 Å². The van der Waals surface area contributed by atoms with Crippen molar-refractivity contribution in [1.82, 2.24) is 5.32 Å². The third-order valence-corrected chi connectivity index (χ3v) is 4.24. The Hall–Kier alpha value is -0.260. The molecule has 0 saturated carbocycles. The Balaban J connectivity index is 2.49. The lowest BCUT2D eigenvalue weighted by Gasteiger charge is -2.21. The minimum atomic E-state index is -0.476. The van der Waals surface area contributed by atoms with Gasteiger partial charge in [-0.05, 0) is 49.7 Å². The smallest absolute Gasteiger partial charge is 0.407 e. The highest BCUT2D eigenvalue weighted by Gasteiger charge is 2.18. The zero-order valence-corrected chi connectivity index (χ0v) is 14.0. The van der Waals surface area contributed by atoms with Crippen molar-refractivity contribution in [3.8, 4) is 0 Å². The fraction of sp³-hybridized carbons (Fsp3) is 0.583. The van der Waals surface area contributed by atoms with Crippen LogP contribution in [0.3, 0.4) is 0 Å². The van der Waals surface area contributed by atoms with E-state index in [9.17, 15) is 4.79 Å². The fourth-order valence-electron chi connectivity index (χ4n) is 1.35. The van der Waals surface area contributed by atoms with E-state index < -0.39 is 11.7 Å². The monoisotopic (exact) mass is 353 g/mol. The summed E-state index contributed by atoms with van der Waals surface area (Å²) in [6, 6.07) is 1.85. The second kappa shape index (κ2) is 6.26. The second-order valence-electron chi connectivity index (χ2n) is 5.07. The first-order valence-electron chi connectivity index (χ1n) is 5.60. The summed E-state index contributed by atoms with van der Waals surface area (Å²) in [6.07, 6.45) is 0.325. The van der Waals surface area contributed by atoms with Crippen LogP contribution in [0.15, 0.2) is 10.5 Å². The molecule has 0 saturated heterocycles. The SMILES string of the molecule is C[C@@H](Cc1sc(Cl)cc1Br)NC(=O)OC(C)(C)C. The van der Waals surface area contributed by atoms with Crippen molar-refractivity contribution in [1.29, 1.82) is 0 Å². The summed E-state index contributed by atoms with van der Waals surface area (Å²) in [5, 5.41) is 2.80. The molecule has 3 nitrogen and oxygen atoms in total. The van der Waals surface area contributed by atoms with Gasteiger partial charge >= 0.3 is 6.09 Å². The number of amides is 1. The third-order valence-electron chi connectivity index (χ3n) is 1.98. The molecule has 0 aromatic carbocycles. The van der Waals surface area contributed by atoms with Crippen molar-refractivity contribution in [3.63, 3.8) is 0 Å². The zero-order valence-electron chi connectivity index (χ0n) is 10.8. The van der Waals surface area contributed by atoms with Crippen LogP contribution in [0.1, 0.15) is 32.6 Å². The Morgan fingerprint density at radius 1 is 1.61 bits per heavy atom. The van der Waals surface area contributed by atoms with E-state index in [-0.39, 0.29) is 6.04 Å². The van der Waals surface area contributed by atoms with Gasteiger partial charge in [0.05, 0.1) is 4.34 Å². The van der Waals surface area contributed by atoms with Gasteiger partial charge in [-0.1, -0.05) is 11.6 Å². The van der Waals surface area contributed by atoms with Crippen LogP contribution < -0.4 is 5.32 Å². The summed E-state index contributed by atoms with van der Waals surface area (Å²) in [7, 11) is 0. The van der Waals surface area contributed by atoms with Gasteiger partial charge in [0.25, 0.3) is 0 Å². The average Bonchev–Trinajstić information content (AvgIpc) is 2.40. The molecule has 0 radical (unpaired) electrons. The Labute approximate surface area is 125 Å². The number of ether oxygens (including phenoxy) is 1. The number of rotatable bonds is 3. The van der Waals surface area contributed by atoms with Gasteiger partial charge in [0.15, 0.2) is 0 Å². The number of hydrogen-bond acceptors (Lipinski definition) is 3. The Bertz CT molecular complexity index is 428. The second-order valence-corrected chi connectivity index (χ2v) is 7.70. The van der Waals surface area contributed by atoms with E-state index >= 15 is 0 Å². The normalized spacial score (nSPS) is 13.2. The lowest BCUT2D eigenvalue weighted by atomic mass is 10.2. The molecule has 1 aromatic heterocycles. The summed E-state index contributed by atoms with van der Waals surface area (Å²) in [5.74, 6) is 0. The minimum Gasteiger partial charge on any atom is -0.444 e. The fourth-order valence-corrected chi connectivity index (χ4v) is 3.56. The summed E-state index contributed by atoms with van der Waals surface area (Å²) in [5.41, 5.74) is -0.476. The van der Waals surface area contributed by atoms with Crippen molar-refractivity contribution < 1.29 is 9.53 Å². The first kappa shape index (κ1) is 15.8. The quantitative estimate of drug-likeness (QED) is 0.860. The van der Waals surface area contributed by atoms with Crippen LogP contribution >= 0.6 is 38.9 Å². The first-order valence-corrected chi connectivity index (χ1v) is 7.59. The highest BCUT2D eigenvalue weighted by molar-refractivity contribution is 9.10. The van der Waals surface area contributed by atoms with Crippen LogP contribution in [0.25, 0.3) is 0 Å². The van der Waals surface area contributed by atoms with Gasteiger partial charge in [-0.2, -0.15) is 0 Å². The van der Waals surface area contributed by atoms with E-state index in [0.29, 0.717) is 0 Å². The number of carbonyl (C=O) groups excluding carboxylic acids is 1. The number of halogens is 2. The highest BCUT2D eigenvalue weighted by atomic mass is 79.9. The maximum atomic E-state index is 11.6. The van der Waals surface area contributed by atoms with E-state index in [1.807, 2.05) is 33.8 Å². The molecule has 18 heavy (non-hydrogen) atoms. The minimum absolute atomic E-state index is 0.00846. The van der Waals surface area contributed by atoms with Gasteiger partial charge in [0, 0.05) is 21.8 Å². The van der Waals surface area contributed by atoms with E-state index in [4.69, 9.17) is 16.3 Å². The molecule has 1 N–H and O–H groups in total. The number of hydrogen-bond donors (Lipinski definition) is 1. The van der Waals surface area contributed by atoms with Gasteiger partial charge in [-0.25, -0.2) is 4.79 Å². The largest absolute Gasteiger partial charge is 0.444 e. The summed E-state index contributed by atoms with van der Waals surface area (Å²) in [6.45, 7) is 7.45. The summed E-state index contributed by atoms with van der Waals surface area (Å²) < 4.78 is 6.92. The molecular formula is C12H17BrClNO2S. The third kappa shape index (κ3) is 5.59. The Morgan fingerprint density at radius 3 is 2.67 bits per heavy atom. The molecule has 1 amide bonds. The standard InChI is InChI=1S/C12H17BrClNO2S/c1-7(15-11(16)17-12(2,3)4)5-9-8(13)6-10(14)18-9/h6-7H,5H2,1-4H3,(H,15,16)/t7-/m0/s1. The average molecular weight is 355 g/mol. The number of thiophene rings is 1. The molecule has 0 bridgehead atoms. The summed E-state index contributed by atoms with van der Waals surface area (Å²) in [4.78, 5) is 12.7. The van der Waals surface area contributed by atoms with Gasteiger partial charge in [0.1, 0.15) is 5.60 Å². The van der Waals surface area contributed by atoms with Crippen molar-refractivity contribution in [3.05, 3.63) is 19.8 Å². The number of carbonyl (C=O) groups is 1.